The van der Waals surface area contributed by atoms with E-state index < -0.39 is 0 Å². The van der Waals surface area contributed by atoms with Crippen molar-refractivity contribution in [2.75, 3.05) is 0 Å². The van der Waals surface area contributed by atoms with Crippen LogP contribution in [0.1, 0.15) is 0 Å². The van der Waals surface area contributed by atoms with E-state index in [-0.39, 0.29) is 0 Å². The molecule has 4 aromatic rings. The molecule has 0 spiro atoms. The zero-order valence-electron chi connectivity index (χ0n) is 12.4. The van der Waals surface area contributed by atoms with E-state index in [9.17, 15) is 0 Å². The summed E-state index contributed by atoms with van der Waals surface area (Å²) < 4.78 is 0.915. The maximum Gasteiger partial charge on any atom is 0.116 e. The topological polar surface area (TPSA) is 25.8 Å². The van der Waals surface area contributed by atoms with E-state index >= 15 is 0 Å². The molecular weight excluding hydrogens is 418 g/mol. The maximum atomic E-state index is 6.38. The molecule has 2 nitrogen and oxygen atoms in total. The highest BCUT2D eigenvalue weighted by atomic mass is 35.5. The molecule has 0 saturated carbocycles. The van der Waals surface area contributed by atoms with Gasteiger partial charge in [0.05, 0.1) is 36.0 Å². The Labute approximate surface area is 168 Å². The van der Waals surface area contributed by atoms with E-state index in [4.69, 9.17) is 46.4 Å². The second-order valence-electron chi connectivity index (χ2n) is 5.25. The summed E-state index contributed by atoms with van der Waals surface area (Å²) in [6.45, 7) is 0. The summed E-state index contributed by atoms with van der Waals surface area (Å²) in [6, 6.07) is 11.0. The third-order valence-electron chi connectivity index (χ3n) is 3.80. The minimum absolute atomic E-state index is 0.472. The Bertz CT molecular complexity index is 1110. The quantitative estimate of drug-likeness (QED) is 0.329. The van der Waals surface area contributed by atoms with Crippen LogP contribution in [0.15, 0.2) is 48.1 Å². The highest BCUT2D eigenvalue weighted by Gasteiger charge is 2.18. The van der Waals surface area contributed by atoms with E-state index in [1.54, 1.807) is 12.1 Å². The third kappa shape index (κ3) is 2.90. The number of benzene rings is 2. The number of hydrogen-bond donors (Lipinski definition) is 0. The first kappa shape index (κ1) is 17.1. The number of nitrogens with zero attached hydrogens (tertiary/aromatic N) is 2. The largest absolute Gasteiger partial charge is 0.235 e. The monoisotopic (exact) mass is 424 g/mol. The van der Waals surface area contributed by atoms with Gasteiger partial charge in [-0.25, -0.2) is 9.97 Å². The predicted octanol–water partition coefficient (Wildman–Crippen LogP) is 7.64. The average Bonchev–Trinajstić information content (AvgIpc) is 3.04. The van der Waals surface area contributed by atoms with Crippen LogP contribution in [0.4, 0.5) is 0 Å². The Morgan fingerprint density at radius 2 is 1.36 bits per heavy atom. The van der Waals surface area contributed by atoms with Gasteiger partial charge in [0, 0.05) is 22.1 Å². The third-order valence-corrected chi connectivity index (χ3v) is 6.42. The van der Waals surface area contributed by atoms with Gasteiger partial charge < -0.3 is 0 Å². The van der Waals surface area contributed by atoms with Crippen molar-refractivity contribution >= 4 is 68.0 Å². The first-order valence-corrected chi connectivity index (χ1v) is 9.58. The fraction of sp³-hybridized carbons (Fsp3) is 0. The summed E-state index contributed by atoms with van der Waals surface area (Å²) in [5.74, 6) is 0. The number of aromatic nitrogens is 2. The average molecular weight is 426 g/mol. The van der Waals surface area contributed by atoms with Crippen LogP contribution in [0.2, 0.25) is 20.1 Å². The number of thiophene rings is 1. The van der Waals surface area contributed by atoms with Crippen LogP contribution in [0, 0.1) is 0 Å². The molecular formula is C18H8Cl4N2S. The fourth-order valence-corrected chi connectivity index (χ4v) is 4.45. The van der Waals surface area contributed by atoms with Crippen LogP contribution < -0.4 is 0 Å². The maximum absolute atomic E-state index is 6.38. The Balaban J connectivity index is 1.98. The minimum atomic E-state index is 0.472. The normalized spacial score (nSPS) is 11.2. The highest BCUT2D eigenvalue weighted by molar-refractivity contribution is 7.18. The molecule has 0 amide bonds. The molecule has 2 heterocycles. The molecule has 124 valence electrons. The molecule has 4 rings (SSSR count). The fourth-order valence-electron chi connectivity index (χ4n) is 2.63. The Morgan fingerprint density at radius 3 is 2.08 bits per heavy atom. The molecule has 2 aromatic heterocycles. The molecule has 0 radical (unpaired) electrons. The van der Waals surface area contributed by atoms with Crippen molar-refractivity contribution in [1.29, 1.82) is 0 Å². The zero-order chi connectivity index (χ0) is 17.6. The first-order chi connectivity index (χ1) is 12.1. The molecule has 0 N–H and O–H groups in total. The van der Waals surface area contributed by atoms with Crippen LogP contribution in [0.25, 0.3) is 32.6 Å². The van der Waals surface area contributed by atoms with Crippen LogP contribution in [0.3, 0.4) is 0 Å². The molecule has 0 saturated heterocycles. The smallest absolute Gasteiger partial charge is 0.116 e. The first-order valence-electron chi connectivity index (χ1n) is 7.19. The van der Waals surface area contributed by atoms with Crippen LogP contribution in [-0.2, 0) is 0 Å². The SMILES string of the molecule is Clc1cccc(-c2csc3c(-c4cccc(Cl)c4Cl)ncnc23)c1Cl. The number of halogens is 4. The summed E-state index contributed by atoms with van der Waals surface area (Å²) in [4.78, 5) is 8.87. The summed E-state index contributed by atoms with van der Waals surface area (Å²) in [7, 11) is 0. The van der Waals surface area contributed by atoms with Crippen molar-refractivity contribution in [3.05, 3.63) is 68.2 Å². The lowest BCUT2D eigenvalue weighted by atomic mass is 10.1. The van der Waals surface area contributed by atoms with Gasteiger partial charge in [-0.05, 0) is 12.1 Å². The van der Waals surface area contributed by atoms with Crippen molar-refractivity contribution in [1.82, 2.24) is 9.97 Å². The van der Waals surface area contributed by atoms with Gasteiger partial charge in [-0.1, -0.05) is 70.7 Å². The van der Waals surface area contributed by atoms with Gasteiger partial charge in [0.1, 0.15) is 6.33 Å². The van der Waals surface area contributed by atoms with Crippen molar-refractivity contribution in [3.63, 3.8) is 0 Å². The van der Waals surface area contributed by atoms with E-state index in [0.29, 0.717) is 20.1 Å². The molecule has 25 heavy (non-hydrogen) atoms. The van der Waals surface area contributed by atoms with Crippen LogP contribution >= 0.6 is 57.7 Å². The molecule has 0 aliphatic rings. The molecule has 0 fully saturated rings. The van der Waals surface area contributed by atoms with E-state index in [1.807, 2.05) is 29.6 Å². The van der Waals surface area contributed by atoms with Crippen molar-refractivity contribution in [2.45, 2.75) is 0 Å². The van der Waals surface area contributed by atoms with Crippen molar-refractivity contribution in [2.24, 2.45) is 0 Å². The summed E-state index contributed by atoms with van der Waals surface area (Å²) >= 11 is 26.6. The number of rotatable bonds is 2. The van der Waals surface area contributed by atoms with Crippen LogP contribution in [-0.4, -0.2) is 9.97 Å². The van der Waals surface area contributed by atoms with Gasteiger partial charge in [-0.2, -0.15) is 0 Å². The summed E-state index contributed by atoms with van der Waals surface area (Å²) in [5, 5.41) is 3.97. The Hall–Kier alpha value is -1.36. The molecule has 0 unspecified atom stereocenters. The molecule has 0 aliphatic heterocycles. The molecule has 0 bridgehead atoms. The van der Waals surface area contributed by atoms with Gasteiger partial charge in [0.25, 0.3) is 0 Å². The second-order valence-corrected chi connectivity index (χ2v) is 7.70. The van der Waals surface area contributed by atoms with Crippen LogP contribution in [0.5, 0.6) is 0 Å². The Kier molecular flexibility index (Phi) is 4.61. The highest BCUT2D eigenvalue weighted by Crippen LogP contribution is 2.43. The zero-order valence-corrected chi connectivity index (χ0v) is 16.3. The lowest BCUT2D eigenvalue weighted by molar-refractivity contribution is 1.23. The lowest BCUT2D eigenvalue weighted by Crippen LogP contribution is -1.89. The van der Waals surface area contributed by atoms with Gasteiger partial charge in [0.15, 0.2) is 0 Å². The van der Waals surface area contributed by atoms with Gasteiger partial charge in [-0.3, -0.25) is 0 Å². The minimum Gasteiger partial charge on any atom is -0.235 e. The van der Waals surface area contributed by atoms with E-state index in [0.717, 1.165) is 32.6 Å². The Morgan fingerprint density at radius 1 is 0.720 bits per heavy atom. The molecule has 7 heteroatoms. The van der Waals surface area contributed by atoms with E-state index in [1.165, 1.54) is 17.7 Å². The lowest BCUT2D eigenvalue weighted by Gasteiger charge is -2.07. The predicted molar refractivity (Wildman–Crippen MR) is 108 cm³/mol. The van der Waals surface area contributed by atoms with Gasteiger partial charge in [-0.15, -0.1) is 11.3 Å². The van der Waals surface area contributed by atoms with Gasteiger partial charge >= 0.3 is 0 Å². The van der Waals surface area contributed by atoms with Gasteiger partial charge in [0.2, 0.25) is 0 Å². The summed E-state index contributed by atoms with van der Waals surface area (Å²) in [5.41, 5.74) is 4.06. The number of hydrogen-bond acceptors (Lipinski definition) is 3. The summed E-state index contributed by atoms with van der Waals surface area (Å²) in [6.07, 6.45) is 1.52. The number of fused-ring (bicyclic) bond motifs is 1. The molecule has 0 aliphatic carbocycles. The van der Waals surface area contributed by atoms with Crippen molar-refractivity contribution < 1.29 is 0 Å². The molecule has 2 aromatic carbocycles. The second kappa shape index (κ2) is 6.75. The standard InChI is InChI=1S/C18H8Cl4N2S/c19-12-5-1-3-9(14(12)21)11-7-25-18-16(23-8-24-17(11)18)10-4-2-6-13(20)15(10)22/h1-8H. The molecule has 0 atom stereocenters. The van der Waals surface area contributed by atoms with E-state index in [2.05, 4.69) is 9.97 Å². The van der Waals surface area contributed by atoms with Crippen molar-refractivity contribution in [3.8, 4) is 22.4 Å².